The quantitative estimate of drug-likeness (QED) is 0.0368. The van der Waals surface area contributed by atoms with Crippen LogP contribution in [0.5, 0.6) is 0 Å². The molecule has 0 aliphatic carbocycles. The maximum Gasteiger partial charge on any atom is 0.305 e. The predicted octanol–water partition coefficient (Wildman–Crippen LogP) is 13.0. The molecule has 0 heterocycles. The van der Waals surface area contributed by atoms with E-state index in [0.29, 0.717) is 44.4 Å². The van der Waals surface area contributed by atoms with E-state index in [0.717, 1.165) is 51.6 Å². The lowest BCUT2D eigenvalue weighted by Gasteiger charge is -2.22. The number of carbonyl (C=O) groups is 1. The molecule has 0 saturated carbocycles. The molecule has 0 radical (unpaired) electrons. The number of ether oxygens (including phenoxy) is 2. The standard InChI is InChI=1S/C46H93NO5/c1-5-9-13-17-19-25-33-43(31-23-15-11-7-3)41-51-45(49)35-27-21-29-37-47(39-40-48)38-30-22-28-36-46(50)52-42-44(32-24-16-12-8-4)34-26-20-18-14-10-6-2/h43-45,48-49H,5-42H2,1-4H3. The Morgan fingerprint density at radius 1 is 0.481 bits per heavy atom. The molecule has 312 valence electrons. The first-order valence-corrected chi connectivity index (χ1v) is 23.3. The van der Waals surface area contributed by atoms with Crippen LogP contribution in [0.1, 0.15) is 233 Å². The van der Waals surface area contributed by atoms with Crippen LogP contribution in [0.15, 0.2) is 0 Å². The molecule has 3 unspecified atom stereocenters. The molecule has 2 N–H and O–H groups in total. The van der Waals surface area contributed by atoms with Gasteiger partial charge in [0.1, 0.15) is 0 Å². The zero-order valence-corrected chi connectivity index (χ0v) is 35.7. The number of esters is 1. The Labute approximate surface area is 325 Å². The third-order valence-electron chi connectivity index (χ3n) is 11.1. The summed E-state index contributed by atoms with van der Waals surface area (Å²) in [5.74, 6) is 1.07. The van der Waals surface area contributed by atoms with Crippen molar-refractivity contribution in [3.63, 3.8) is 0 Å². The molecule has 0 spiro atoms. The van der Waals surface area contributed by atoms with Gasteiger partial charge in [-0.15, -0.1) is 0 Å². The Bertz CT molecular complexity index is 706. The van der Waals surface area contributed by atoms with E-state index in [1.54, 1.807) is 0 Å². The molecule has 0 amide bonds. The van der Waals surface area contributed by atoms with Gasteiger partial charge in [-0.1, -0.05) is 169 Å². The van der Waals surface area contributed by atoms with Crippen molar-refractivity contribution in [3.05, 3.63) is 0 Å². The van der Waals surface area contributed by atoms with Gasteiger partial charge in [0.05, 0.1) is 19.8 Å². The summed E-state index contributed by atoms with van der Waals surface area (Å²) in [5.41, 5.74) is 0. The van der Waals surface area contributed by atoms with Crippen molar-refractivity contribution in [3.8, 4) is 0 Å². The van der Waals surface area contributed by atoms with Crippen LogP contribution in [0.3, 0.4) is 0 Å². The molecule has 0 bridgehead atoms. The zero-order valence-electron chi connectivity index (χ0n) is 35.7. The number of hydrogen-bond acceptors (Lipinski definition) is 6. The Kier molecular flexibility index (Phi) is 40.9. The van der Waals surface area contributed by atoms with E-state index in [1.807, 2.05) is 0 Å². The van der Waals surface area contributed by atoms with Crippen molar-refractivity contribution in [2.24, 2.45) is 11.8 Å². The molecule has 0 aromatic rings. The number of aliphatic hydroxyl groups excluding tert-OH is 2. The van der Waals surface area contributed by atoms with Crippen molar-refractivity contribution in [1.82, 2.24) is 4.90 Å². The van der Waals surface area contributed by atoms with Gasteiger partial charge < -0.3 is 24.6 Å². The van der Waals surface area contributed by atoms with E-state index < -0.39 is 6.29 Å². The second-order valence-electron chi connectivity index (χ2n) is 16.2. The summed E-state index contributed by atoms with van der Waals surface area (Å²) in [6, 6.07) is 0. The maximum atomic E-state index is 12.6. The summed E-state index contributed by atoms with van der Waals surface area (Å²) in [7, 11) is 0. The second kappa shape index (κ2) is 41.5. The number of nitrogens with zero attached hydrogens (tertiary/aromatic N) is 1. The summed E-state index contributed by atoms with van der Waals surface area (Å²) >= 11 is 0. The highest BCUT2D eigenvalue weighted by Crippen LogP contribution is 2.22. The Morgan fingerprint density at radius 3 is 1.35 bits per heavy atom. The molecule has 52 heavy (non-hydrogen) atoms. The fraction of sp³-hybridized carbons (Fsp3) is 0.978. The molecular weight excluding hydrogens is 647 g/mol. The number of aliphatic hydroxyl groups is 2. The van der Waals surface area contributed by atoms with Crippen molar-refractivity contribution in [2.45, 2.75) is 239 Å². The molecule has 0 aliphatic rings. The molecule has 3 atom stereocenters. The van der Waals surface area contributed by atoms with Crippen LogP contribution < -0.4 is 0 Å². The zero-order chi connectivity index (χ0) is 38.2. The second-order valence-corrected chi connectivity index (χ2v) is 16.2. The average molecular weight is 740 g/mol. The van der Waals surface area contributed by atoms with E-state index in [1.165, 1.54) is 154 Å². The van der Waals surface area contributed by atoms with Crippen molar-refractivity contribution < 1.29 is 24.5 Å². The summed E-state index contributed by atoms with van der Waals surface area (Å²) < 4.78 is 11.8. The van der Waals surface area contributed by atoms with Crippen LogP contribution >= 0.6 is 0 Å². The van der Waals surface area contributed by atoms with Crippen LogP contribution in [0.2, 0.25) is 0 Å². The highest BCUT2D eigenvalue weighted by atomic mass is 16.6. The highest BCUT2D eigenvalue weighted by molar-refractivity contribution is 5.69. The van der Waals surface area contributed by atoms with Gasteiger partial charge in [0.2, 0.25) is 0 Å². The van der Waals surface area contributed by atoms with Gasteiger partial charge in [0, 0.05) is 13.0 Å². The fourth-order valence-electron chi connectivity index (χ4n) is 7.47. The number of unbranched alkanes of at least 4 members (excludes halogenated alkanes) is 20. The van der Waals surface area contributed by atoms with Crippen LogP contribution in [0.25, 0.3) is 0 Å². The predicted molar refractivity (Wildman–Crippen MR) is 224 cm³/mol. The van der Waals surface area contributed by atoms with E-state index >= 15 is 0 Å². The van der Waals surface area contributed by atoms with Gasteiger partial charge in [-0.3, -0.25) is 4.79 Å². The van der Waals surface area contributed by atoms with Crippen LogP contribution in [0, 0.1) is 11.8 Å². The molecule has 0 rings (SSSR count). The normalized spacial score (nSPS) is 13.5. The molecule has 0 saturated heterocycles. The number of carbonyl (C=O) groups excluding carboxylic acids is 1. The summed E-state index contributed by atoms with van der Waals surface area (Å²) in [5, 5.41) is 20.2. The first kappa shape index (κ1) is 51.3. The van der Waals surface area contributed by atoms with Gasteiger partial charge in [-0.05, 0) is 82.7 Å². The van der Waals surface area contributed by atoms with Crippen LogP contribution in [-0.4, -0.2) is 66.8 Å². The van der Waals surface area contributed by atoms with E-state index in [2.05, 4.69) is 32.6 Å². The lowest BCUT2D eigenvalue weighted by atomic mass is 9.95. The molecule has 0 aromatic carbocycles. The fourth-order valence-corrected chi connectivity index (χ4v) is 7.47. The monoisotopic (exact) mass is 740 g/mol. The lowest BCUT2D eigenvalue weighted by Crippen LogP contribution is -2.29. The average Bonchev–Trinajstić information content (AvgIpc) is 3.14. The molecule has 0 fully saturated rings. The third-order valence-corrected chi connectivity index (χ3v) is 11.1. The van der Waals surface area contributed by atoms with E-state index in [-0.39, 0.29) is 12.6 Å². The smallest absolute Gasteiger partial charge is 0.305 e. The van der Waals surface area contributed by atoms with Gasteiger partial charge in [-0.2, -0.15) is 0 Å². The Morgan fingerprint density at radius 2 is 0.865 bits per heavy atom. The molecular formula is C46H93NO5. The summed E-state index contributed by atoms with van der Waals surface area (Å²) in [6.45, 7) is 13.2. The van der Waals surface area contributed by atoms with Gasteiger partial charge in [0.15, 0.2) is 6.29 Å². The minimum atomic E-state index is -0.653. The molecule has 0 aliphatic heterocycles. The first-order chi connectivity index (χ1) is 25.5. The molecule has 0 aromatic heterocycles. The van der Waals surface area contributed by atoms with E-state index in [4.69, 9.17) is 9.47 Å². The molecule has 6 heteroatoms. The third kappa shape index (κ3) is 36.3. The Hall–Kier alpha value is -0.690. The topological polar surface area (TPSA) is 79.2 Å². The maximum absolute atomic E-state index is 12.6. The first-order valence-electron chi connectivity index (χ1n) is 23.3. The van der Waals surface area contributed by atoms with Crippen LogP contribution in [0.4, 0.5) is 0 Å². The van der Waals surface area contributed by atoms with Crippen molar-refractivity contribution >= 4 is 5.97 Å². The van der Waals surface area contributed by atoms with Crippen molar-refractivity contribution in [2.75, 3.05) is 39.5 Å². The van der Waals surface area contributed by atoms with Gasteiger partial charge in [0.25, 0.3) is 0 Å². The lowest BCUT2D eigenvalue weighted by molar-refractivity contribution is -0.145. The number of hydrogen-bond donors (Lipinski definition) is 2. The van der Waals surface area contributed by atoms with Crippen LogP contribution in [-0.2, 0) is 14.3 Å². The van der Waals surface area contributed by atoms with Crippen molar-refractivity contribution in [1.29, 1.82) is 0 Å². The largest absolute Gasteiger partial charge is 0.465 e. The van der Waals surface area contributed by atoms with Gasteiger partial charge >= 0.3 is 5.97 Å². The summed E-state index contributed by atoms with van der Waals surface area (Å²) in [6.07, 6.45) is 37.6. The van der Waals surface area contributed by atoms with Gasteiger partial charge in [-0.25, -0.2) is 0 Å². The minimum absolute atomic E-state index is 0.0276. The summed E-state index contributed by atoms with van der Waals surface area (Å²) in [4.78, 5) is 14.9. The molecule has 6 nitrogen and oxygen atoms in total. The Balaban J connectivity index is 4.22. The number of rotatable bonds is 43. The minimum Gasteiger partial charge on any atom is -0.465 e. The van der Waals surface area contributed by atoms with E-state index in [9.17, 15) is 15.0 Å². The SMILES string of the molecule is CCCCCCCCC(CCCCCC)COC(=O)CCCCCN(CCO)CCCCCC(O)OCC(CCCCCC)CCCCCCCC. The highest BCUT2D eigenvalue weighted by Gasteiger charge is 2.14.